The average molecular weight is 315 g/mol. The topological polar surface area (TPSA) is 63.6 Å². The number of hydrazone groups is 1. The molecule has 1 aromatic heterocycles. The highest BCUT2D eigenvalue weighted by atomic mass is 32.2. The zero-order chi connectivity index (χ0) is 15.8. The van der Waals surface area contributed by atoms with Crippen LogP contribution in [0.15, 0.2) is 58.8 Å². The van der Waals surface area contributed by atoms with Gasteiger partial charge in [-0.2, -0.15) is 5.10 Å². The molecule has 1 heterocycles. The Morgan fingerprint density at radius 1 is 1.27 bits per heavy atom. The van der Waals surface area contributed by atoms with Gasteiger partial charge in [0, 0.05) is 6.20 Å². The van der Waals surface area contributed by atoms with Gasteiger partial charge in [-0.1, -0.05) is 17.8 Å². The molecule has 0 fully saturated rings. The monoisotopic (exact) mass is 315 g/mol. The number of benzene rings is 1. The minimum absolute atomic E-state index is 0.163. The van der Waals surface area contributed by atoms with Gasteiger partial charge in [0.1, 0.15) is 5.75 Å². The van der Waals surface area contributed by atoms with Crippen LogP contribution in [0.25, 0.3) is 0 Å². The highest BCUT2D eigenvalue weighted by molar-refractivity contribution is 7.99. The maximum atomic E-state index is 11.8. The van der Waals surface area contributed by atoms with E-state index in [1.807, 2.05) is 49.4 Å². The van der Waals surface area contributed by atoms with Gasteiger partial charge in [0.2, 0.25) is 5.91 Å². The van der Waals surface area contributed by atoms with Crippen molar-refractivity contribution in [1.82, 2.24) is 10.4 Å². The van der Waals surface area contributed by atoms with E-state index in [1.54, 1.807) is 13.3 Å². The van der Waals surface area contributed by atoms with Gasteiger partial charge in [-0.05, 0) is 48.9 Å². The van der Waals surface area contributed by atoms with E-state index in [1.165, 1.54) is 11.8 Å². The van der Waals surface area contributed by atoms with Crippen molar-refractivity contribution < 1.29 is 9.53 Å². The Kier molecular flexibility index (Phi) is 5.97. The van der Waals surface area contributed by atoms with E-state index in [9.17, 15) is 4.79 Å². The lowest BCUT2D eigenvalue weighted by Gasteiger charge is -2.04. The Morgan fingerprint density at radius 3 is 2.68 bits per heavy atom. The van der Waals surface area contributed by atoms with Crippen molar-refractivity contribution >= 4 is 23.4 Å². The van der Waals surface area contributed by atoms with Gasteiger partial charge in [-0.15, -0.1) is 0 Å². The number of thioether (sulfide) groups is 1. The molecule has 2 aromatic rings. The Bertz CT molecular complexity index is 642. The number of amides is 1. The van der Waals surface area contributed by atoms with Crippen molar-refractivity contribution in [2.75, 3.05) is 12.9 Å². The Balaban J connectivity index is 1.85. The van der Waals surface area contributed by atoms with Crippen molar-refractivity contribution in [1.29, 1.82) is 0 Å². The zero-order valence-corrected chi connectivity index (χ0v) is 13.3. The third-order valence-corrected chi connectivity index (χ3v) is 3.79. The molecule has 5 nitrogen and oxygen atoms in total. The smallest absolute Gasteiger partial charge is 0.250 e. The molecule has 0 saturated heterocycles. The number of hydrogen-bond acceptors (Lipinski definition) is 5. The predicted octanol–water partition coefficient (Wildman–Crippen LogP) is 2.72. The van der Waals surface area contributed by atoms with Crippen molar-refractivity contribution in [3.05, 3.63) is 54.2 Å². The second-order valence-corrected chi connectivity index (χ2v) is 5.41. The number of hydrogen-bond donors (Lipinski definition) is 1. The highest BCUT2D eigenvalue weighted by Crippen LogP contribution is 2.13. The molecule has 0 atom stereocenters. The maximum absolute atomic E-state index is 11.8. The lowest BCUT2D eigenvalue weighted by Crippen LogP contribution is -2.21. The van der Waals surface area contributed by atoms with Crippen molar-refractivity contribution in [3.63, 3.8) is 0 Å². The third kappa shape index (κ3) is 4.89. The van der Waals surface area contributed by atoms with Gasteiger partial charge >= 0.3 is 0 Å². The minimum Gasteiger partial charge on any atom is -0.497 e. The van der Waals surface area contributed by atoms with E-state index >= 15 is 0 Å². The largest absolute Gasteiger partial charge is 0.497 e. The van der Waals surface area contributed by atoms with Gasteiger partial charge in [0.05, 0.1) is 23.6 Å². The normalized spacial score (nSPS) is 11.1. The number of carbonyl (C=O) groups is 1. The molecule has 1 N–H and O–H groups in total. The summed E-state index contributed by atoms with van der Waals surface area (Å²) in [5, 5.41) is 4.92. The first-order valence-corrected chi connectivity index (χ1v) is 7.69. The molecular formula is C16H17N3O2S. The number of methoxy groups -OCH3 is 1. The average Bonchev–Trinajstić information content (AvgIpc) is 2.58. The second kappa shape index (κ2) is 8.19. The van der Waals surface area contributed by atoms with E-state index < -0.39 is 0 Å². The molecule has 0 saturated carbocycles. The van der Waals surface area contributed by atoms with E-state index in [2.05, 4.69) is 15.5 Å². The molecule has 0 aliphatic rings. The summed E-state index contributed by atoms with van der Waals surface area (Å²) in [6.07, 6.45) is 1.70. The van der Waals surface area contributed by atoms with Crippen LogP contribution in [0.3, 0.4) is 0 Å². The Labute approximate surface area is 133 Å². The van der Waals surface area contributed by atoms with E-state index in [-0.39, 0.29) is 11.7 Å². The summed E-state index contributed by atoms with van der Waals surface area (Å²) in [5.41, 5.74) is 4.21. The van der Waals surface area contributed by atoms with Gasteiger partial charge in [-0.3, -0.25) is 4.79 Å². The van der Waals surface area contributed by atoms with Crippen LogP contribution in [-0.4, -0.2) is 29.5 Å². The number of carbonyl (C=O) groups excluding carboxylic acids is 1. The number of nitrogens with one attached hydrogen (secondary N) is 1. The molecule has 1 aromatic carbocycles. The van der Waals surface area contributed by atoms with E-state index in [4.69, 9.17) is 4.74 Å². The fourth-order valence-electron chi connectivity index (χ4n) is 1.65. The Morgan fingerprint density at radius 2 is 2.05 bits per heavy atom. The molecular weight excluding hydrogens is 298 g/mol. The molecule has 6 heteroatoms. The van der Waals surface area contributed by atoms with Crippen molar-refractivity contribution in [2.24, 2.45) is 5.10 Å². The standard InChI is InChI=1S/C16H17N3O2S/c1-12(13-6-8-14(21-2)9-7-13)18-19-15(20)11-22-16-5-3-4-10-17-16/h3-10H,11H2,1-2H3,(H,19,20)/b18-12-. The van der Waals surface area contributed by atoms with E-state index in [0.717, 1.165) is 22.1 Å². The van der Waals surface area contributed by atoms with Gasteiger partial charge < -0.3 is 4.74 Å². The lowest BCUT2D eigenvalue weighted by molar-refractivity contribution is -0.118. The van der Waals surface area contributed by atoms with Crippen LogP contribution in [0.2, 0.25) is 0 Å². The quantitative estimate of drug-likeness (QED) is 0.506. The molecule has 0 unspecified atom stereocenters. The maximum Gasteiger partial charge on any atom is 0.250 e. The second-order valence-electron chi connectivity index (χ2n) is 4.42. The number of nitrogens with zero attached hydrogens (tertiary/aromatic N) is 2. The van der Waals surface area contributed by atoms with Crippen LogP contribution >= 0.6 is 11.8 Å². The number of rotatable bonds is 6. The third-order valence-electron chi connectivity index (χ3n) is 2.85. The summed E-state index contributed by atoms with van der Waals surface area (Å²) in [6.45, 7) is 1.84. The molecule has 0 aliphatic carbocycles. The lowest BCUT2D eigenvalue weighted by atomic mass is 10.1. The van der Waals surface area contributed by atoms with Crippen LogP contribution < -0.4 is 10.2 Å². The van der Waals surface area contributed by atoms with Crippen LogP contribution in [0.4, 0.5) is 0 Å². The van der Waals surface area contributed by atoms with Gasteiger partial charge in [-0.25, -0.2) is 10.4 Å². The summed E-state index contributed by atoms with van der Waals surface area (Å²) < 4.78 is 5.10. The first kappa shape index (κ1) is 16.0. The highest BCUT2D eigenvalue weighted by Gasteiger charge is 2.03. The number of ether oxygens (including phenoxy) is 1. The van der Waals surface area contributed by atoms with E-state index in [0.29, 0.717) is 0 Å². The van der Waals surface area contributed by atoms with Crippen molar-refractivity contribution in [3.8, 4) is 5.75 Å². The van der Waals surface area contributed by atoms with Gasteiger partial charge in [0.15, 0.2) is 0 Å². The minimum atomic E-state index is -0.163. The summed E-state index contributed by atoms with van der Waals surface area (Å²) in [6, 6.07) is 13.1. The molecule has 0 radical (unpaired) electrons. The molecule has 1 amide bonds. The molecule has 0 spiro atoms. The van der Waals surface area contributed by atoms with Crippen LogP contribution in [-0.2, 0) is 4.79 Å². The van der Waals surface area contributed by atoms with Crippen LogP contribution in [0, 0.1) is 0 Å². The summed E-state index contributed by atoms with van der Waals surface area (Å²) in [5.74, 6) is 0.895. The fourth-order valence-corrected chi connectivity index (χ4v) is 2.30. The van der Waals surface area contributed by atoms with Crippen LogP contribution in [0.1, 0.15) is 12.5 Å². The first-order chi connectivity index (χ1) is 10.7. The number of aromatic nitrogens is 1. The molecule has 0 aliphatic heterocycles. The summed E-state index contributed by atoms with van der Waals surface area (Å²) in [7, 11) is 1.62. The summed E-state index contributed by atoms with van der Waals surface area (Å²) in [4.78, 5) is 15.9. The molecule has 22 heavy (non-hydrogen) atoms. The number of pyridine rings is 1. The molecule has 2 rings (SSSR count). The van der Waals surface area contributed by atoms with Crippen molar-refractivity contribution in [2.45, 2.75) is 11.9 Å². The predicted molar refractivity (Wildman–Crippen MR) is 88.3 cm³/mol. The zero-order valence-electron chi connectivity index (χ0n) is 12.4. The molecule has 0 bridgehead atoms. The summed E-state index contributed by atoms with van der Waals surface area (Å²) >= 11 is 1.37. The van der Waals surface area contributed by atoms with Gasteiger partial charge in [0.25, 0.3) is 0 Å². The first-order valence-electron chi connectivity index (χ1n) is 6.70. The molecule has 114 valence electrons. The Hall–Kier alpha value is -2.34. The van der Waals surface area contributed by atoms with Crippen LogP contribution in [0.5, 0.6) is 5.75 Å². The SMILES string of the molecule is COc1ccc(/C(C)=N\NC(=O)CSc2ccccn2)cc1. The fraction of sp³-hybridized carbons (Fsp3) is 0.188.